The van der Waals surface area contributed by atoms with E-state index in [-0.39, 0.29) is 11.9 Å². The van der Waals surface area contributed by atoms with Gasteiger partial charge >= 0.3 is 0 Å². The molecular weight excluding hydrogens is 284 g/mol. The highest BCUT2D eigenvalue weighted by molar-refractivity contribution is 6.31. The van der Waals surface area contributed by atoms with Gasteiger partial charge in [0.1, 0.15) is 0 Å². The molecule has 1 aliphatic heterocycles. The predicted octanol–water partition coefficient (Wildman–Crippen LogP) is 4.24. The van der Waals surface area contributed by atoms with Gasteiger partial charge < -0.3 is 5.32 Å². The average Bonchev–Trinajstić information content (AvgIpc) is 2.43. The first-order chi connectivity index (χ1) is 10.1. The summed E-state index contributed by atoms with van der Waals surface area (Å²) in [6.07, 6.45) is 6.26. The van der Waals surface area contributed by atoms with E-state index in [9.17, 15) is 4.79 Å². The molecule has 1 N–H and O–H groups in total. The molecule has 1 saturated heterocycles. The van der Waals surface area contributed by atoms with E-state index >= 15 is 0 Å². The number of nitrogens with zero attached hydrogens (tertiary/aromatic N) is 1. The van der Waals surface area contributed by atoms with Crippen molar-refractivity contribution in [1.29, 1.82) is 0 Å². The average molecular weight is 309 g/mol. The van der Waals surface area contributed by atoms with Crippen molar-refractivity contribution in [2.24, 2.45) is 0 Å². The lowest BCUT2D eigenvalue weighted by Gasteiger charge is -2.29. The molecule has 1 atom stereocenters. The van der Waals surface area contributed by atoms with Gasteiger partial charge in [0.25, 0.3) is 0 Å². The second-order valence-corrected chi connectivity index (χ2v) is 6.29. The Morgan fingerprint density at radius 1 is 1.19 bits per heavy atom. The number of halogens is 1. The summed E-state index contributed by atoms with van der Waals surface area (Å²) in [5, 5.41) is 3.71. The Morgan fingerprint density at radius 2 is 1.81 bits per heavy atom. The molecule has 4 heteroatoms. The lowest BCUT2D eigenvalue weighted by molar-refractivity contribution is -0.120. The van der Waals surface area contributed by atoms with Crippen molar-refractivity contribution in [2.45, 2.75) is 52.0 Å². The van der Waals surface area contributed by atoms with Gasteiger partial charge in [-0.1, -0.05) is 36.9 Å². The van der Waals surface area contributed by atoms with Crippen LogP contribution in [0.15, 0.2) is 18.2 Å². The number of likely N-dealkylation sites (tertiary alicyclic amines) is 1. The molecule has 1 aromatic carbocycles. The van der Waals surface area contributed by atoms with Gasteiger partial charge in [0, 0.05) is 10.7 Å². The standard InChI is InChI=1S/C17H25ClN2O/c1-13-15(18)9-8-10-16(13)19-17(21)14(2)20-11-6-4-3-5-7-12-20/h8-10,14H,3-7,11-12H2,1-2H3,(H,19,21)/t14-/m0/s1. The Balaban J connectivity index is 1.99. The maximum absolute atomic E-state index is 12.5. The minimum absolute atomic E-state index is 0.0564. The summed E-state index contributed by atoms with van der Waals surface area (Å²) in [6.45, 7) is 5.96. The second-order valence-electron chi connectivity index (χ2n) is 5.88. The molecule has 2 rings (SSSR count). The highest BCUT2D eigenvalue weighted by atomic mass is 35.5. The normalized spacial score (nSPS) is 18.6. The molecule has 0 unspecified atom stereocenters. The number of carbonyl (C=O) groups is 1. The molecule has 1 heterocycles. The third-order valence-electron chi connectivity index (χ3n) is 4.34. The molecule has 1 aromatic rings. The lowest BCUT2D eigenvalue weighted by atomic mass is 10.1. The summed E-state index contributed by atoms with van der Waals surface area (Å²) < 4.78 is 0. The van der Waals surface area contributed by atoms with Crippen LogP contribution < -0.4 is 5.32 Å². The maximum atomic E-state index is 12.5. The highest BCUT2D eigenvalue weighted by Crippen LogP contribution is 2.23. The van der Waals surface area contributed by atoms with Crippen molar-refractivity contribution in [3.05, 3.63) is 28.8 Å². The molecule has 3 nitrogen and oxygen atoms in total. The predicted molar refractivity (Wildman–Crippen MR) is 88.9 cm³/mol. The Bertz CT molecular complexity index is 482. The summed E-state index contributed by atoms with van der Waals surface area (Å²) in [6, 6.07) is 5.51. The molecule has 0 spiro atoms. The van der Waals surface area contributed by atoms with Crippen LogP contribution in [0.5, 0.6) is 0 Å². The molecule has 0 aromatic heterocycles. The van der Waals surface area contributed by atoms with Gasteiger partial charge in [-0.2, -0.15) is 0 Å². The van der Waals surface area contributed by atoms with Crippen LogP contribution in [0.2, 0.25) is 5.02 Å². The molecule has 0 radical (unpaired) electrons. The van der Waals surface area contributed by atoms with Gasteiger partial charge in [-0.05, 0) is 57.5 Å². The summed E-state index contributed by atoms with van der Waals surface area (Å²) >= 11 is 6.10. The van der Waals surface area contributed by atoms with Crippen molar-refractivity contribution in [1.82, 2.24) is 4.90 Å². The van der Waals surface area contributed by atoms with Gasteiger partial charge in [0.15, 0.2) is 0 Å². The van der Waals surface area contributed by atoms with Crippen LogP contribution in [0.4, 0.5) is 5.69 Å². The summed E-state index contributed by atoms with van der Waals surface area (Å²) in [4.78, 5) is 14.8. The van der Waals surface area contributed by atoms with Crippen LogP contribution >= 0.6 is 11.6 Å². The fourth-order valence-electron chi connectivity index (χ4n) is 2.81. The summed E-state index contributed by atoms with van der Waals surface area (Å²) in [7, 11) is 0. The lowest BCUT2D eigenvalue weighted by Crippen LogP contribution is -2.43. The zero-order valence-corrected chi connectivity index (χ0v) is 13.7. The van der Waals surface area contributed by atoms with Gasteiger partial charge in [0.2, 0.25) is 5.91 Å². The largest absolute Gasteiger partial charge is 0.324 e. The van der Waals surface area contributed by atoms with E-state index in [4.69, 9.17) is 11.6 Å². The molecule has 0 saturated carbocycles. The Kier molecular flexibility index (Phi) is 6.07. The minimum atomic E-state index is -0.0959. The number of hydrogen-bond acceptors (Lipinski definition) is 2. The number of hydrogen-bond donors (Lipinski definition) is 1. The second kappa shape index (κ2) is 7.81. The van der Waals surface area contributed by atoms with E-state index in [1.165, 1.54) is 32.1 Å². The molecule has 116 valence electrons. The van der Waals surface area contributed by atoms with E-state index in [2.05, 4.69) is 10.2 Å². The Hall–Kier alpha value is -1.06. The van der Waals surface area contributed by atoms with Crippen LogP contribution in [-0.4, -0.2) is 29.9 Å². The smallest absolute Gasteiger partial charge is 0.241 e. The quantitative estimate of drug-likeness (QED) is 0.905. The third kappa shape index (κ3) is 4.45. The van der Waals surface area contributed by atoms with E-state index in [1.807, 2.05) is 32.0 Å². The topological polar surface area (TPSA) is 32.3 Å². The minimum Gasteiger partial charge on any atom is -0.324 e. The number of nitrogens with one attached hydrogen (secondary N) is 1. The summed E-state index contributed by atoms with van der Waals surface area (Å²) in [5.41, 5.74) is 1.73. The van der Waals surface area contributed by atoms with Crippen LogP contribution in [0.3, 0.4) is 0 Å². The first-order valence-corrected chi connectivity index (χ1v) is 8.27. The van der Waals surface area contributed by atoms with Crippen LogP contribution in [0.25, 0.3) is 0 Å². The fraction of sp³-hybridized carbons (Fsp3) is 0.588. The first kappa shape index (κ1) is 16.3. The molecule has 0 aliphatic carbocycles. The van der Waals surface area contributed by atoms with Crippen molar-refractivity contribution < 1.29 is 4.79 Å². The van der Waals surface area contributed by atoms with E-state index < -0.39 is 0 Å². The third-order valence-corrected chi connectivity index (χ3v) is 4.75. The van der Waals surface area contributed by atoms with Gasteiger partial charge in [-0.3, -0.25) is 9.69 Å². The van der Waals surface area contributed by atoms with Gasteiger partial charge in [-0.15, -0.1) is 0 Å². The Labute approximate surface area is 132 Å². The van der Waals surface area contributed by atoms with Gasteiger partial charge in [-0.25, -0.2) is 0 Å². The molecule has 1 fully saturated rings. The molecular formula is C17H25ClN2O. The molecule has 21 heavy (non-hydrogen) atoms. The first-order valence-electron chi connectivity index (χ1n) is 7.89. The van der Waals surface area contributed by atoms with Gasteiger partial charge in [0.05, 0.1) is 6.04 Å². The number of benzene rings is 1. The number of anilines is 1. The van der Waals surface area contributed by atoms with Crippen molar-refractivity contribution in [2.75, 3.05) is 18.4 Å². The SMILES string of the molecule is Cc1c(Cl)cccc1NC(=O)[C@H](C)N1CCCCCCC1. The van der Waals surface area contributed by atoms with Crippen LogP contribution in [0, 0.1) is 6.92 Å². The van der Waals surface area contributed by atoms with Crippen molar-refractivity contribution in [3.8, 4) is 0 Å². The molecule has 1 amide bonds. The van der Waals surface area contributed by atoms with Crippen molar-refractivity contribution >= 4 is 23.2 Å². The zero-order valence-electron chi connectivity index (χ0n) is 13.0. The maximum Gasteiger partial charge on any atom is 0.241 e. The van der Waals surface area contributed by atoms with E-state index in [0.29, 0.717) is 5.02 Å². The van der Waals surface area contributed by atoms with Crippen LogP contribution in [0.1, 0.15) is 44.6 Å². The van der Waals surface area contributed by atoms with Crippen molar-refractivity contribution in [3.63, 3.8) is 0 Å². The highest BCUT2D eigenvalue weighted by Gasteiger charge is 2.22. The Morgan fingerprint density at radius 3 is 2.48 bits per heavy atom. The van der Waals surface area contributed by atoms with E-state index in [1.54, 1.807) is 0 Å². The number of carbonyl (C=O) groups excluding carboxylic acids is 1. The monoisotopic (exact) mass is 308 g/mol. The van der Waals surface area contributed by atoms with E-state index in [0.717, 1.165) is 24.3 Å². The number of amides is 1. The number of rotatable bonds is 3. The summed E-state index contributed by atoms with van der Waals surface area (Å²) in [5.74, 6) is 0.0564. The van der Waals surface area contributed by atoms with Crippen LogP contribution in [-0.2, 0) is 4.79 Å². The fourth-order valence-corrected chi connectivity index (χ4v) is 2.98. The zero-order chi connectivity index (χ0) is 15.2. The molecule has 1 aliphatic rings. The molecule has 0 bridgehead atoms.